The second kappa shape index (κ2) is 8.98. The summed E-state index contributed by atoms with van der Waals surface area (Å²) in [5.41, 5.74) is 4.96. The molecule has 0 saturated heterocycles. The molecule has 10 heteroatoms. The molecule has 2 aromatic carbocycles. The number of fused-ring (bicyclic) bond motifs is 2. The predicted octanol–water partition coefficient (Wildman–Crippen LogP) is 2.91. The number of para-hydroxylation sites is 2. The van der Waals surface area contributed by atoms with E-state index in [1.54, 1.807) is 47.0 Å². The quantitative estimate of drug-likeness (QED) is 0.464. The van der Waals surface area contributed by atoms with Gasteiger partial charge in [0.05, 0.1) is 11.4 Å². The standard InChI is InChI=1S/C25H23N7O3/c1-15-19(16(2)32-25(28-15)26-14-27-32)11-12-22(33)29-18-9-7-17(8-10-18)24(35)31-13-23(34)30-20-5-3-4-6-21(20)31/h3-10,14H,11-13H2,1-2H3,(H,29,33)(H,30,34). The summed E-state index contributed by atoms with van der Waals surface area (Å²) < 4.78 is 1.67. The molecule has 3 amide bonds. The van der Waals surface area contributed by atoms with Crippen LogP contribution in [0.5, 0.6) is 0 Å². The Morgan fingerprint density at radius 1 is 1.09 bits per heavy atom. The molecule has 35 heavy (non-hydrogen) atoms. The van der Waals surface area contributed by atoms with Gasteiger partial charge in [0.2, 0.25) is 11.8 Å². The fourth-order valence-electron chi connectivity index (χ4n) is 4.25. The van der Waals surface area contributed by atoms with Crippen molar-refractivity contribution < 1.29 is 14.4 Å². The lowest BCUT2D eigenvalue weighted by Crippen LogP contribution is -2.42. The molecule has 0 spiro atoms. The van der Waals surface area contributed by atoms with E-state index in [2.05, 4.69) is 25.7 Å². The molecule has 0 radical (unpaired) electrons. The van der Waals surface area contributed by atoms with Gasteiger partial charge in [-0.05, 0) is 62.2 Å². The molecular formula is C25H23N7O3. The Bertz CT molecular complexity index is 1460. The van der Waals surface area contributed by atoms with E-state index in [4.69, 9.17) is 0 Å². The maximum atomic E-state index is 13.1. The first-order valence-electron chi connectivity index (χ1n) is 11.2. The van der Waals surface area contributed by atoms with Gasteiger partial charge in [-0.3, -0.25) is 19.3 Å². The second-order valence-corrected chi connectivity index (χ2v) is 8.32. The number of aromatic nitrogens is 4. The van der Waals surface area contributed by atoms with Crippen molar-refractivity contribution in [1.82, 2.24) is 19.6 Å². The predicted molar refractivity (Wildman–Crippen MR) is 130 cm³/mol. The molecule has 0 aliphatic carbocycles. The van der Waals surface area contributed by atoms with E-state index < -0.39 is 0 Å². The summed E-state index contributed by atoms with van der Waals surface area (Å²) in [4.78, 5) is 47.7. The summed E-state index contributed by atoms with van der Waals surface area (Å²) in [6, 6.07) is 13.8. The number of hydrogen-bond acceptors (Lipinski definition) is 6. The zero-order valence-electron chi connectivity index (χ0n) is 19.3. The van der Waals surface area contributed by atoms with Crippen LogP contribution in [0.2, 0.25) is 0 Å². The van der Waals surface area contributed by atoms with Crippen molar-refractivity contribution >= 4 is 40.6 Å². The fourth-order valence-corrected chi connectivity index (χ4v) is 4.25. The van der Waals surface area contributed by atoms with E-state index in [0.29, 0.717) is 34.8 Å². The monoisotopic (exact) mass is 469 g/mol. The number of carbonyl (C=O) groups excluding carboxylic acids is 3. The van der Waals surface area contributed by atoms with Crippen LogP contribution in [0.4, 0.5) is 17.1 Å². The molecule has 0 atom stereocenters. The van der Waals surface area contributed by atoms with Gasteiger partial charge in [-0.25, -0.2) is 9.50 Å². The summed E-state index contributed by atoms with van der Waals surface area (Å²) in [6.07, 6.45) is 2.24. The van der Waals surface area contributed by atoms with E-state index in [1.807, 2.05) is 19.9 Å². The van der Waals surface area contributed by atoms with Gasteiger partial charge in [0, 0.05) is 29.1 Å². The average molecular weight is 470 g/mol. The van der Waals surface area contributed by atoms with E-state index in [0.717, 1.165) is 17.0 Å². The van der Waals surface area contributed by atoms with Crippen molar-refractivity contribution in [3.8, 4) is 0 Å². The van der Waals surface area contributed by atoms with Crippen LogP contribution in [-0.4, -0.2) is 43.8 Å². The molecule has 0 saturated carbocycles. The van der Waals surface area contributed by atoms with Crippen LogP contribution in [0.25, 0.3) is 5.78 Å². The highest BCUT2D eigenvalue weighted by molar-refractivity contribution is 6.15. The van der Waals surface area contributed by atoms with Gasteiger partial charge in [-0.1, -0.05) is 12.1 Å². The summed E-state index contributed by atoms with van der Waals surface area (Å²) in [5.74, 6) is -0.142. The molecule has 1 aliphatic rings. The maximum absolute atomic E-state index is 13.1. The van der Waals surface area contributed by atoms with Crippen LogP contribution in [0.15, 0.2) is 54.9 Å². The molecule has 3 heterocycles. The second-order valence-electron chi connectivity index (χ2n) is 8.32. The van der Waals surface area contributed by atoms with Crippen molar-refractivity contribution in [3.63, 3.8) is 0 Å². The zero-order chi connectivity index (χ0) is 24.5. The highest BCUT2D eigenvalue weighted by atomic mass is 16.2. The van der Waals surface area contributed by atoms with Gasteiger partial charge in [0.1, 0.15) is 12.9 Å². The number of aryl methyl sites for hydroxylation is 2. The smallest absolute Gasteiger partial charge is 0.258 e. The topological polar surface area (TPSA) is 122 Å². The van der Waals surface area contributed by atoms with Crippen LogP contribution in [0.1, 0.15) is 33.7 Å². The molecule has 0 unspecified atom stereocenters. The van der Waals surface area contributed by atoms with Crippen molar-refractivity contribution in [2.75, 3.05) is 22.1 Å². The third-order valence-electron chi connectivity index (χ3n) is 6.02. The molecule has 10 nitrogen and oxygen atoms in total. The van der Waals surface area contributed by atoms with Crippen LogP contribution in [-0.2, 0) is 16.0 Å². The molecule has 1 aliphatic heterocycles. The number of benzene rings is 2. The van der Waals surface area contributed by atoms with Crippen molar-refractivity contribution in [2.24, 2.45) is 0 Å². The summed E-state index contributed by atoms with van der Waals surface area (Å²) in [6.45, 7) is 3.78. The lowest BCUT2D eigenvalue weighted by molar-refractivity contribution is -0.116. The first-order chi connectivity index (χ1) is 16.9. The molecular weight excluding hydrogens is 446 g/mol. The number of hydrogen-bond donors (Lipinski definition) is 2. The normalized spacial score (nSPS) is 12.9. The van der Waals surface area contributed by atoms with Gasteiger partial charge in [-0.2, -0.15) is 10.1 Å². The number of rotatable bonds is 5. The van der Waals surface area contributed by atoms with Crippen LogP contribution < -0.4 is 15.5 Å². The molecule has 0 bridgehead atoms. The van der Waals surface area contributed by atoms with E-state index in [9.17, 15) is 14.4 Å². The Hall–Kier alpha value is -4.60. The van der Waals surface area contributed by atoms with Gasteiger partial charge < -0.3 is 10.6 Å². The first-order valence-corrected chi connectivity index (χ1v) is 11.2. The van der Waals surface area contributed by atoms with E-state index in [-0.39, 0.29) is 30.7 Å². The lowest BCUT2D eigenvalue weighted by atomic mass is 10.1. The largest absolute Gasteiger partial charge is 0.326 e. The molecule has 2 N–H and O–H groups in total. The van der Waals surface area contributed by atoms with Gasteiger partial charge in [0.25, 0.3) is 11.7 Å². The number of nitrogens with zero attached hydrogens (tertiary/aromatic N) is 5. The van der Waals surface area contributed by atoms with Crippen LogP contribution in [0, 0.1) is 13.8 Å². The third kappa shape index (κ3) is 4.33. The minimum atomic E-state index is -0.285. The number of amides is 3. The summed E-state index contributed by atoms with van der Waals surface area (Å²) in [5, 5.41) is 9.82. The SMILES string of the molecule is Cc1nc2ncnn2c(C)c1CCC(=O)Nc1ccc(C(=O)N2CC(=O)Nc3ccccc32)cc1. The van der Waals surface area contributed by atoms with Crippen molar-refractivity contribution in [2.45, 2.75) is 26.7 Å². The average Bonchev–Trinajstić information content (AvgIpc) is 3.32. The fraction of sp³-hybridized carbons (Fsp3) is 0.200. The lowest BCUT2D eigenvalue weighted by Gasteiger charge is -2.29. The first kappa shape index (κ1) is 22.2. The van der Waals surface area contributed by atoms with Gasteiger partial charge in [0.15, 0.2) is 0 Å². The Labute approximate surface area is 201 Å². The minimum absolute atomic E-state index is 0.0532. The Morgan fingerprint density at radius 3 is 2.66 bits per heavy atom. The molecule has 4 aromatic rings. The third-order valence-corrected chi connectivity index (χ3v) is 6.02. The van der Waals surface area contributed by atoms with Gasteiger partial charge in [-0.15, -0.1) is 0 Å². The molecule has 5 rings (SSSR count). The highest BCUT2D eigenvalue weighted by Crippen LogP contribution is 2.30. The maximum Gasteiger partial charge on any atom is 0.258 e. The molecule has 0 fully saturated rings. The Kier molecular flexibility index (Phi) is 5.69. The van der Waals surface area contributed by atoms with E-state index in [1.165, 1.54) is 11.2 Å². The van der Waals surface area contributed by atoms with Crippen molar-refractivity contribution in [3.05, 3.63) is 77.4 Å². The molecule has 176 valence electrons. The van der Waals surface area contributed by atoms with Crippen LogP contribution >= 0.6 is 0 Å². The van der Waals surface area contributed by atoms with E-state index >= 15 is 0 Å². The Balaban J connectivity index is 1.24. The van der Waals surface area contributed by atoms with Gasteiger partial charge >= 0.3 is 0 Å². The Morgan fingerprint density at radius 2 is 1.86 bits per heavy atom. The number of nitrogens with one attached hydrogen (secondary N) is 2. The molecule has 2 aromatic heterocycles. The number of anilines is 3. The van der Waals surface area contributed by atoms with Crippen LogP contribution in [0.3, 0.4) is 0 Å². The highest BCUT2D eigenvalue weighted by Gasteiger charge is 2.27. The number of carbonyl (C=O) groups is 3. The zero-order valence-corrected chi connectivity index (χ0v) is 19.3. The van der Waals surface area contributed by atoms with Crippen molar-refractivity contribution in [1.29, 1.82) is 0 Å². The summed E-state index contributed by atoms with van der Waals surface area (Å²) in [7, 11) is 0. The minimum Gasteiger partial charge on any atom is -0.326 e. The summed E-state index contributed by atoms with van der Waals surface area (Å²) >= 11 is 0.